The second-order valence-corrected chi connectivity index (χ2v) is 4.69. The lowest BCUT2D eigenvalue weighted by Crippen LogP contribution is -1.94. The molecule has 3 aromatic rings. The summed E-state index contributed by atoms with van der Waals surface area (Å²) in [6.07, 6.45) is 3.20. The van der Waals surface area contributed by atoms with Gasteiger partial charge in [-0.3, -0.25) is 0 Å². The zero-order valence-electron chi connectivity index (χ0n) is 12.0. The number of para-hydroxylation sites is 1. The van der Waals surface area contributed by atoms with Gasteiger partial charge in [0.05, 0.1) is 19.0 Å². The van der Waals surface area contributed by atoms with Crippen LogP contribution >= 0.6 is 0 Å². The fourth-order valence-electron chi connectivity index (χ4n) is 2.25. The molecule has 0 saturated heterocycles. The summed E-state index contributed by atoms with van der Waals surface area (Å²) >= 11 is 0. The minimum atomic E-state index is 0.722. The average Bonchev–Trinajstić information content (AvgIpc) is 3.00. The predicted octanol–water partition coefficient (Wildman–Crippen LogP) is 3.36. The normalized spacial score (nSPS) is 11.0. The predicted molar refractivity (Wildman–Crippen MR) is 84.9 cm³/mol. The summed E-state index contributed by atoms with van der Waals surface area (Å²) in [7, 11) is 1.62. The monoisotopic (exact) mass is 293 g/mol. The molecule has 2 aromatic carbocycles. The third-order valence-electron chi connectivity index (χ3n) is 3.30. The third kappa shape index (κ3) is 2.69. The van der Waals surface area contributed by atoms with E-state index in [0.717, 1.165) is 28.3 Å². The van der Waals surface area contributed by atoms with E-state index in [4.69, 9.17) is 9.94 Å². The summed E-state index contributed by atoms with van der Waals surface area (Å²) in [4.78, 5) is 0. The summed E-state index contributed by atoms with van der Waals surface area (Å²) in [5, 5.41) is 16.6. The van der Waals surface area contributed by atoms with Gasteiger partial charge < -0.3 is 9.94 Å². The van der Waals surface area contributed by atoms with Crippen molar-refractivity contribution in [1.29, 1.82) is 0 Å². The fraction of sp³-hybridized carbons (Fsp3) is 0.0588. The first-order chi connectivity index (χ1) is 10.8. The Kier molecular flexibility index (Phi) is 3.87. The number of aromatic nitrogens is 2. The van der Waals surface area contributed by atoms with Crippen LogP contribution in [0.3, 0.4) is 0 Å². The molecule has 1 heterocycles. The van der Waals surface area contributed by atoms with Crippen molar-refractivity contribution in [2.45, 2.75) is 0 Å². The maximum absolute atomic E-state index is 8.88. The van der Waals surface area contributed by atoms with Gasteiger partial charge in [-0.15, -0.1) is 0 Å². The molecule has 5 nitrogen and oxygen atoms in total. The van der Waals surface area contributed by atoms with Crippen LogP contribution in [0.4, 0.5) is 0 Å². The van der Waals surface area contributed by atoms with Gasteiger partial charge >= 0.3 is 0 Å². The number of oxime groups is 1. The Morgan fingerprint density at radius 2 is 1.95 bits per heavy atom. The Labute approximate surface area is 128 Å². The van der Waals surface area contributed by atoms with Crippen LogP contribution in [0, 0.1) is 0 Å². The first kappa shape index (κ1) is 13.9. The molecule has 0 bridgehead atoms. The van der Waals surface area contributed by atoms with Crippen molar-refractivity contribution < 1.29 is 9.94 Å². The topological polar surface area (TPSA) is 59.6 Å². The maximum atomic E-state index is 8.88. The summed E-state index contributed by atoms with van der Waals surface area (Å²) in [6, 6.07) is 17.4. The molecule has 0 spiro atoms. The van der Waals surface area contributed by atoms with Crippen LogP contribution in [-0.4, -0.2) is 28.3 Å². The van der Waals surface area contributed by atoms with Crippen molar-refractivity contribution in [3.8, 4) is 22.7 Å². The van der Waals surface area contributed by atoms with Gasteiger partial charge in [-0.05, 0) is 24.3 Å². The quantitative estimate of drug-likeness (QED) is 0.456. The first-order valence-corrected chi connectivity index (χ1v) is 6.79. The van der Waals surface area contributed by atoms with E-state index in [1.165, 1.54) is 6.21 Å². The number of rotatable bonds is 4. The van der Waals surface area contributed by atoms with Gasteiger partial charge in [0.15, 0.2) is 0 Å². The minimum Gasteiger partial charge on any atom is -0.497 e. The van der Waals surface area contributed by atoms with Gasteiger partial charge in [-0.1, -0.05) is 35.5 Å². The molecule has 1 aromatic heterocycles. The van der Waals surface area contributed by atoms with Gasteiger partial charge in [0.25, 0.3) is 0 Å². The number of benzene rings is 2. The molecular weight excluding hydrogens is 278 g/mol. The van der Waals surface area contributed by atoms with Gasteiger partial charge in [-0.2, -0.15) is 5.10 Å². The molecule has 0 radical (unpaired) electrons. The Bertz CT molecular complexity index is 795. The Hall–Kier alpha value is -3.08. The molecule has 0 aliphatic carbocycles. The van der Waals surface area contributed by atoms with Crippen LogP contribution in [0.1, 0.15) is 5.56 Å². The molecule has 0 unspecified atom stereocenters. The molecule has 0 aliphatic heterocycles. The van der Waals surface area contributed by atoms with Crippen LogP contribution in [-0.2, 0) is 0 Å². The number of hydrogen-bond donors (Lipinski definition) is 1. The molecule has 0 atom stereocenters. The van der Waals surface area contributed by atoms with Crippen molar-refractivity contribution in [2.24, 2.45) is 5.16 Å². The van der Waals surface area contributed by atoms with E-state index >= 15 is 0 Å². The van der Waals surface area contributed by atoms with E-state index < -0.39 is 0 Å². The molecular formula is C17H15N3O2. The van der Waals surface area contributed by atoms with Crippen molar-refractivity contribution >= 4 is 6.21 Å². The van der Waals surface area contributed by atoms with E-state index in [2.05, 4.69) is 10.3 Å². The van der Waals surface area contributed by atoms with E-state index in [9.17, 15) is 0 Å². The van der Waals surface area contributed by atoms with E-state index in [0.29, 0.717) is 0 Å². The fourth-order valence-corrected chi connectivity index (χ4v) is 2.25. The van der Waals surface area contributed by atoms with E-state index in [-0.39, 0.29) is 0 Å². The molecule has 0 fully saturated rings. The largest absolute Gasteiger partial charge is 0.497 e. The molecule has 5 heteroatoms. The van der Waals surface area contributed by atoms with Crippen LogP contribution < -0.4 is 4.74 Å². The van der Waals surface area contributed by atoms with Crippen LogP contribution in [0.25, 0.3) is 16.9 Å². The number of hydrogen-bond acceptors (Lipinski definition) is 4. The van der Waals surface area contributed by atoms with Crippen LogP contribution in [0.5, 0.6) is 5.75 Å². The lowest BCUT2D eigenvalue weighted by atomic mass is 10.1. The van der Waals surface area contributed by atoms with E-state index in [1.807, 2.05) is 60.8 Å². The smallest absolute Gasteiger partial charge is 0.119 e. The number of nitrogens with zero attached hydrogens (tertiary/aromatic N) is 3. The second-order valence-electron chi connectivity index (χ2n) is 4.69. The standard InChI is InChI=1S/C17H15N3O2/c1-22-16-9-5-6-13(10-16)17-14(11-18-21)12-20(19-17)15-7-3-2-4-8-15/h2-12,21H,1H3/b18-11+. The molecule has 0 amide bonds. The lowest BCUT2D eigenvalue weighted by molar-refractivity contribution is 0.322. The highest BCUT2D eigenvalue weighted by Gasteiger charge is 2.11. The minimum absolute atomic E-state index is 0.722. The summed E-state index contributed by atoms with van der Waals surface area (Å²) in [5.41, 5.74) is 3.27. The Morgan fingerprint density at radius 3 is 2.68 bits per heavy atom. The van der Waals surface area contributed by atoms with Crippen molar-refractivity contribution in [1.82, 2.24) is 9.78 Å². The summed E-state index contributed by atoms with van der Waals surface area (Å²) in [6.45, 7) is 0. The van der Waals surface area contributed by atoms with Crippen molar-refractivity contribution in [3.05, 3.63) is 66.4 Å². The van der Waals surface area contributed by atoms with Crippen LogP contribution in [0.2, 0.25) is 0 Å². The van der Waals surface area contributed by atoms with Crippen molar-refractivity contribution in [3.63, 3.8) is 0 Å². The summed E-state index contributed by atoms with van der Waals surface area (Å²) < 4.78 is 7.01. The van der Waals surface area contributed by atoms with Gasteiger partial charge in [0.1, 0.15) is 11.4 Å². The highest BCUT2D eigenvalue weighted by atomic mass is 16.5. The summed E-state index contributed by atoms with van der Waals surface area (Å²) in [5.74, 6) is 0.749. The molecule has 3 rings (SSSR count). The SMILES string of the molecule is COc1cccc(-c2nn(-c3ccccc3)cc2/C=N/O)c1. The van der Waals surface area contributed by atoms with Gasteiger partial charge in [-0.25, -0.2) is 4.68 Å². The molecule has 0 saturated carbocycles. The maximum Gasteiger partial charge on any atom is 0.119 e. The number of ether oxygens (including phenoxy) is 1. The zero-order valence-corrected chi connectivity index (χ0v) is 12.0. The first-order valence-electron chi connectivity index (χ1n) is 6.79. The van der Waals surface area contributed by atoms with Gasteiger partial charge in [0, 0.05) is 17.3 Å². The Morgan fingerprint density at radius 1 is 1.14 bits per heavy atom. The Balaban J connectivity index is 2.11. The van der Waals surface area contributed by atoms with Gasteiger partial charge in [0.2, 0.25) is 0 Å². The van der Waals surface area contributed by atoms with E-state index in [1.54, 1.807) is 11.8 Å². The molecule has 1 N–H and O–H groups in total. The lowest BCUT2D eigenvalue weighted by Gasteiger charge is -2.03. The zero-order chi connectivity index (χ0) is 15.4. The van der Waals surface area contributed by atoms with Crippen molar-refractivity contribution in [2.75, 3.05) is 7.11 Å². The average molecular weight is 293 g/mol. The highest BCUT2D eigenvalue weighted by molar-refractivity contribution is 5.88. The number of methoxy groups -OCH3 is 1. The highest BCUT2D eigenvalue weighted by Crippen LogP contribution is 2.26. The molecule has 0 aliphatic rings. The third-order valence-corrected chi connectivity index (χ3v) is 3.30. The molecule has 22 heavy (non-hydrogen) atoms. The molecule has 110 valence electrons. The second kappa shape index (κ2) is 6.13. The van der Waals surface area contributed by atoms with Crippen LogP contribution in [0.15, 0.2) is 65.9 Å².